The second kappa shape index (κ2) is 5.84. The van der Waals surface area contributed by atoms with Crippen molar-refractivity contribution >= 4 is 5.78 Å². The van der Waals surface area contributed by atoms with Crippen LogP contribution in [0, 0.1) is 17.8 Å². The Morgan fingerprint density at radius 3 is 2.12 bits per heavy atom. The van der Waals surface area contributed by atoms with Gasteiger partial charge in [-0.25, -0.2) is 0 Å². The molecule has 2 saturated carbocycles. The predicted molar refractivity (Wildman–Crippen MR) is 67.3 cm³/mol. The molecular formula is C15H26O. The average molecular weight is 222 g/mol. The number of hydrogen-bond acceptors (Lipinski definition) is 1. The summed E-state index contributed by atoms with van der Waals surface area (Å²) in [5.41, 5.74) is 0. The monoisotopic (exact) mass is 222 g/mol. The first-order chi connectivity index (χ1) is 7.81. The maximum Gasteiger partial charge on any atom is 0.139 e. The van der Waals surface area contributed by atoms with Crippen molar-refractivity contribution in [2.45, 2.75) is 71.1 Å². The molecule has 1 nitrogen and oxygen atoms in total. The van der Waals surface area contributed by atoms with E-state index in [2.05, 4.69) is 6.92 Å². The lowest BCUT2D eigenvalue weighted by atomic mass is 9.71. The predicted octanol–water partition coefficient (Wildman–Crippen LogP) is 4.35. The lowest BCUT2D eigenvalue weighted by Crippen LogP contribution is -2.31. The highest BCUT2D eigenvalue weighted by Crippen LogP contribution is 2.37. The van der Waals surface area contributed by atoms with Crippen LogP contribution in [0.3, 0.4) is 0 Å². The fraction of sp³-hybridized carbons (Fsp3) is 0.933. The molecule has 2 aliphatic carbocycles. The molecule has 0 heterocycles. The van der Waals surface area contributed by atoms with E-state index < -0.39 is 0 Å². The van der Waals surface area contributed by atoms with Crippen molar-refractivity contribution in [1.82, 2.24) is 0 Å². The summed E-state index contributed by atoms with van der Waals surface area (Å²) in [5, 5.41) is 0. The maximum absolute atomic E-state index is 12.1. The number of hydrogen-bond donors (Lipinski definition) is 0. The molecule has 1 heteroatoms. The summed E-state index contributed by atoms with van der Waals surface area (Å²) in [6.07, 6.45) is 12.8. The highest BCUT2D eigenvalue weighted by atomic mass is 16.1. The minimum Gasteiger partial charge on any atom is -0.299 e. The number of Topliss-reactive ketones (excluding diaryl/α,β-unsaturated/α-hetero) is 1. The molecule has 0 N–H and O–H groups in total. The van der Waals surface area contributed by atoms with Crippen LogP contribution in [-0.2, 0) is 4.79 Å². The van der Waals surface area contributed by atoms with Crippen LogP contribution >= 0.6 is 0 Å². The first-order valence-electron chi connectivity index (χ1n) is 7.35. The van der Waals surface area contributed by atoms with Gasteiger partial charge in [0.25, 0.3) is 0 Å². The Hall–Kier alpha value is -0.330. The molecular weight excluding hydrogens is 196 g/mol. The Bertz CT molecular complexity index is 222. The Morgan fingerprint density at radius 1 is 1.00 bits per heavy atom. The molecule has 16 heavy (non-hydrogen) atoms. The molecule has 0 spiro atoms. The van der Waals surface area contributed by atoms with Gasteiger partial charge < -0.3 is 0 Å². The Balaban J connectivity index is 1.69. The van der Waals surface area contributed by atoms with Gasteiger partial charge in [0.15, 0.2) is 0 Å². The van der Waals surface area contributed by atoms with E-state index in [-0.39, 0.29) is 0 Å². The van der Waals surface area contributed by atoms with Crippen molar-refractivity contribution in [1.29, 1.82) is 0 Å². The molecule has 0 saturated heterocycles. The minimum atomic E-state index is 0.447. The van der Waals surface area contributed by atoms with Gasteiger partial charge in [-0.2, -0.15) is 0 Å². The quantitative estimate of drug-likeness (QED) is 0.675. The molecule has 92 valence electrons. The van der Waals surface area contributed by atoms with Gasteiger partial charge in [0.05, 0.1) is 0 Å². The Morgan fingerprint density at radius 2 is 1.62 bits per heavy atom. The van der Waals surface area contributed by atoms with Gasteiger partial charge in [0.1, 0.15) is 5.78 Å². The van der Waals surface area contributed by atoms with Crippen molar-refractivity contribution in [3.63, 3.8) is 0 Å². The third kappa shape index (κ3) is 2.87. The van der Waals surface area contributed by atoms with E-state index in [0.29, 0.717) is 17.6 Å². The average Bonchev–Trinajstić information content (AvgIpc) is 2.24. The normalized spacial score (nSPS) is 31.1. The standard InChI is InChI=1S/C15H26O/c1-2-3-5-12-8-10-14(11-9-12)15(16)13-6-4-7-13/h12-14H,2-11H2,1H3. The second-order valence-electron chi connectivity index (χ2n) is 5.89. The Labute approximate surface area is 100.0 Å². The van der Waals surface area contributed by atoms with E-state index in [1.54, 1.807) is 0 Å². The first kappa shape index (κ1) is 12.1. The molecule has 2 rings (SSSR count). The largest absolute Gasteiger partial charge is 0.299 e. The number of ketones is 1. The van der Waals surface area contributed by atoms with E-state index in [9.17, 15) is 4.79 Å². The molecule has 0 amide bonds. The van der Waals surface area contributed by atoms with E-state index in [4.69, 9.17) is 0 Å². The molecule has 0 aliphatic heterocycles. The van der Waals surface area contributed by atoms with Crippen molar-refractivity contribution < 1.29 is 4.79 Å². The molecule has 0 atom stereocenters. The number of carbonyl (C=O) groups is 1. The van der Waals surface area contributed by atoms with E-state index in [0.717, 1.165) is 5.92 Å². The van der Waals surface area contributed by atoms with Crippen molar-refractivity contribution in [3.05, 3.63) is 0 Å². The van der Waals surface area contributed by atoms with Crippen LogP contribution in [0.1, 0.15) is 71.1 Å². The highest BCUT2D eigenvalue weighted by Gasteiger charge is 2.33. The van der Waals surface area contributed by atoms with Crippen LogP contribution in [0.25, 0.3) is 0 Å². The molecule has 0 aromatic rings. The smallest absolute Gasteiger partial charge is 0.139 e. The van der Waals surface area contributed by atoms with Gasteiger partial charge >= 0.3 is 0 Å². The molecule has 0 radical (unpaired) electrons. The van der Waals surface area contributed by atoms with Crippen molar-refractivity contribution in [2.75, 3.05) is 0 Å². The van der Waals surface area contributed by atoms with E-state index in [1.807, 2.05) is 0 Å². The summed E-state index contributed by atoms with van der Waals surface area (Å²) in [4.78, 5) is 12.1. The van der Waals surface area contributed by atoms with Crippen LogP contribution < -0.4 is 0 Å². The zero-order chi connectivity index (χ0) is 11.4. The SMILES string of the molecule is CCCCC1CCC(C(=O)C2CCC2)CC1. The topological polar surface area (TPSA) is 17.1 Å². The fourth-order valence-electron chi connectivity index (χ4n) is 3.25. The van der Waals surface area contributed by atoms with Gasteiger partial charge in [-0.15, -0.1) is 0 Å². The first-order valence-corrected chi connectivity index (χ1v) is 7.35. The van der Waals surface area contributed by atoms with Gasteiger partial charge in [0.2, 0.25) is 0 Å². The summed E-state index contributed by atoms with van der Waals surface area (Å²) in [6.45, 7) is 2.27. The third-order valence-electron chi connectivity index (χ3n) is 4.72. The minimum absolute atomic E-state index is 0.447. The van der Waals surface area contributed by atoms with Crippen molar-refractivity contribution in [2.24, 2.45) is 17.8 Å². The fourth-order valence-corrected chi connectivity index (χ4v) is 3.25. The number of carbonyl (C=O) groups excluding carboxylic acids is 1. The maximum atomic E-state index is 12.1. The zero-order valence-corrected chi connectivity index (χ0v) is 10.7. The summed E-state index contributed by atoms with van der Waals surface area (Å²) in [7, 11) is 0. The van der Waals surface area contributed by atoms with Crippen LogP contribution in [0.5, 0.6) is 0 Å². The van der Waals surface area contributed by atoms with E-state index in [1.165, 1.54) is 64.2 Å². The highest BCUT2D eigenvalue weighted by molar-refractivity contribution is 5.84. The van der Waals surface area contributed by atoms with Crippen LogP contribution in [-0.4, -0.2) is 5.78 Å². The zero-order valence-electron chi connectivity index (χ0n) is 10.7. The molecule has 0 unspecified atom stereocenters. The van der Waals surface area contributed by atoms with Gasteiger partial charge in [-0.1, -0.05) is 32.6 Å². The number of unbranched alkanes of at least 4 members (excludes halogenated alkanes) is 1. The summed E-state index contributed by atoms with van der Waals surface area (Å²) < 4.78 is 0. The third-order valence-corrected chi connectivity index (χ3v) is 4.72. The lowest BCUT2D eigenvalue weighted by molar-refractivity contribution is -0.130. The van der Waals surface area contributed by atoms with Crippen LogP contribution in [0.4, 0.5) is 0 Å². The lowest BCUT2D eigenvalue weighted by Gasteiger charge is -2.32. The summed E-state index contributed by atoms with van der Waals surface area (Å²) >= 11 is 0. The van der Waals surface area contributed by atoms with Crippen molar-refractivity contribution in [3.8, 4) is 0 Å². The van der Waals surface area contributed by atoms with E-state index >= 15 is 0 Å². The van der Waals surface area contributed by atoms with Gasteiger partial charge in [-0.3, -0.25) is 4.79 Å². The number of rotatable bonds is 5. The summed E-state index contributed by atoms with van der Waals surface area (Å²) in [5.74, 6) is 2.48. The van der Waals surface area contributed by atoms with Gasteiger partial charge in [0, 0.05) is 11.8 Å². The summed E-state index contributed by atoms with van der Waals surface area (Å²) in [6, 6.07) is 0. The second-order valence-corrected chi connectivity index (χ2v) is 5.89. The Kier molecular flexibility index (Phi) is 4.43. The molecule has 0 aromatic carbocycles. The molecule has 0 bridgehead atoms. The van der Waals surface area contributed by atoms with Gasteiger partial charge in [-0.05, 0) is 44.4 Å². The van der Waals surface area contributed by atoms with Crippen LogP contribution in [0.15, 0.2) is 0 Å². The molecule has 0 aromatic heterocycles. The molecule has 2 fully saturated rings. The molecule has 2 aliphatic rings. The van der Waals surface area contributed by atoms with Crippen LogP contribution in [0.2, 0.25) is 0 Å².